The third kappa shape index (κ3) is 6.14. The predicted octanol–water partition coefficient (Wildman–Crippen LogP) is 3.09. The molecule has 0 amide bonds. The molecule has 0 aliphatic heterocycles. The summed E-state index contributed by atoms with van der Waals surface area (Å²) < 4.78 is 14.6. The van der Waals surface area contributed by atoms with E-state index in [1.54, 1.807) is 31.4 Å². The van der Waals surface area contributed by atoms with Crippen LogP contribution in [-0.4, -0.2) is 40.2 Å². The van der Waals surface area contributed by atoms with Gasteiger partial charge >= 0.3 is 5.97 Å². The molecule has 0 fully saturated rings. The standard InChI is InChI=1S/C11H13NO5.C7H9NO2/c1-3-16-11(14)10(13)7(2)9(12-15)8-5-4-6-17-8;1-2-6(8-9)7-4-3-5-10-7/h4-7,15H,3H2,1-2H3;3-5,9H,2H2,1H3/b12-9+;8-6+. The lowest BCUT2D eigenvalue weighted by Crippen LogP contribution is -2.30. The molecule has 2 rings (SSSR count). The number of ketones is 1. The van der Waals surface area contributed by atoms with E-state index in [0.717, 1.165) is 0 Å². The van der Waals surface area contributed by atoms with Crippen LogP contribution in [0, 0.1) is 5.92 Å². The fraction of sp³-hybridized carbons (Fsp3) is 0.333. The number of rotatable bonds is 7. The molecule has 0 aromatic carbocycles. The molecule has 2 aromatic rings. The normalized spacial score (nSPS) is 12.7. The van der Waals surface area contributed by atoms with E-state index in [9.17, 15) is 9.59 Å². The molecule has 0 saturated heterocycles. The monoisotopic (exact) mass is 378 g/mol. The summed E-state index contributed by atoms with van der Waals surface area (Å²) in [4.78, 5) is 22.9. The molecule has 0 bridgehead atoms. The van der Waals surface area contributed by atoms with E-state index in [1.165, 1.54) is 19.3 Å². The van der Waals surface area contributed by atoms with Crippen LogP contribution < -0.4 is 0 Å². The SMILES string of the molecule is CC/C(=N\O)c1ccco1.CCOC(=O)C(=O)C(C)/C(=N\O)c1ccco1. The third-order valence-electron chi connectivity index (χ3n) is 3.42. The minimum absolute atomic E-state index is 0.00643. The molecule has 2 N–H and O–H groups in total. The van der Waals surface area contributed by atoms with E-state index in [-0.39, 0.29) is 18.1 Å². The first-order valence-electron chi connectivity index (χ1n) is 8.21. The zero-order valence-corrected chi connectivity index (χ0v) is 15.3. The second kappa shape index (κ2) is 11.3. The van der Waals surface area contributed by atoms with Crippen LogP contribution in [0.5, 0.6) is 0 Å². The van der Waals surface area contributed by atoms with Crippen LogP contribution in [0.2, 0.25) is 0 Å². The lowest BCUT2D eigenvalue weighted by atomic mass is 9.99. The summed E-state index contributed by atoms with van der Waals surface area (Å²) in [6.45, 7) is 5.06. The van der Waals surface area contributed by atoms with Crippen molar-refractivity contribution >= 4 is 23.2 Å². The van der Waals surface area contributed by atoms with Crippen LogP contribution in [0.25, 0.3) is 0 Å². The van der Waals surface area contributed by atoms with E-state index < -0.39 is 17.7 Å². The molecule has 0 spiro atoms. The number of furan rings is 2. The van der Waals surface area contributed by atoms with Crippen molar-refractivity contribution in [3.8, 4) is 0 Å². The maximum atomic E-state index is 11.6. The number of hydrogen-bond donors (Lipinski definition) is 2. The number of hydrogen-bond acceptors (Lipinski definition) is 9. The highest BCUT2D eigenvalue weighted by atomic mass is 16.5. The van der Waals surface area contributed by atoms with Gasteiger partial charge in [-0.2, -0.15) is 0 Å². The Hall–Kier alpha value is -3.36. The Morgan fingerprint density at radius 2 is 1.67 bits per heavy atom. The first kappa shape index (κ1) is 21.7. The fourth-order valence-corrected chi connectivity index (χ4v) is 2.01. The highest BCUT2D eigenvalue weighted by molar-refractivity contribution is 6.39. The maximum Gasteiger partial charge on any atom is 0.375 e. The van der Waals surface area contributed by atoms with Crippen LogP contribution in [0.15, 0.2) is 55.9 Å². The lowest BCUT2D eigenvalue weighted by molar-refractivity contribution is -0.154. The predicted molar refractivity (Wildman–Crippen MR) is 95.2 cm³/mol. The van der Waals surface area contributed by atoms with Crippen molar-refractivity contribution in [2.24, 2.45) is 16.2 Å². The van der Waals surface area contributed by atoms with Gasteiger partial charge in [0.25, 0.3) is 0 Å². The molecule has 2 heterocycles. The van der Waals surface area contributed by atoms with Crippen molar-refractivity contribution < 1.29 is 33.6 Å². The van der Waals surface area contributed by atoms with Crippen molar-refractivity contribution in [2.45, 2.75) is 27.2 Å². The molecule has 2 aromatic heterocycles. The summed E-state index contributed by atoms with van der Waals surface area (Å²) in [6.07, 6.45) is 3.60. The van der Waals surface area contributed by atoms with Crippen molar-refractivity contribution in [3.05, 3.63) is 48.3 Å². The van der Waals surface area contributed by atoms with Crippen LogP contribution in [0.4, 0.5) is 0 Å². The van der Waals surface area contributed by atoms with Crippen molar-refractivity contribution in [2.75, 3.05) is 6.61 Å². The van der Waals surface area contributed by atoms with Crippen molar-refractivity contribution in [3.63, 3.8) is 0 Å². The Kier molecular flexibility index (Phi) is 9.07. The smallest absolute Gasteiger partial charge is 0.375 e. The Morgan fingerprint density at radius 1 is 1.07 bits per heavy atom. The molecule has 0 aliphatic rings. The van der Waals surface area contributed by atoms with Gasteiger partial charge in [0.1, 0.15) is 11.4 Å². The van der Waals surface area contributed by atoms with Crippen LogP contribution in [-0.2, 0) is 14.3 Å². The Balaban J connectivity index is 0.000000309. The van der Waals surface area contributed by atoms with E-state index in [2.05, 4.69) is 15.0 Å². The average Bonchev–Trinajstić information content (AvgIpc) is 3.38. The van der Waals surface area contributed by atoms with Gasteiger partial charge in [-0.15, -0.1) is 0 Å². The number of oxime groups is 2. The van der Waals surface area contributed by atoms with Gasteiger partial charge in [-0.1, -0.05) is 17.2 Å². The van der Waals surface area contributed by atoms with Crippen LogP contribution in [0.1, 0.15) is 38.7 Å². The van der Waals surface area contributed by atoms with Gasteiger partial charge in [0.15, 0.2) is 11.5 Å². The lowest BCUT2D eigenvalue weighted by Gasteiger charge is -2.09. The minimum atomic E-state index is -0.951. The zero-order valence-electron chi connectivity index (χ0n) is 15.3. The van der Waals surface area contributed by atoms with E-state index in [0.29, 0.717) is 17.9 Å². The third-order valence-corrected chi connectivity index (χ3v) is 3.42. The van der Waals surface area contributed by atoms with Gasteiger partial charge in [-0.25, -0.2) is 4.79 Å². The number of nitrogens with zero attached hydrogens (tertiary/aromatic N) is 2. The molecule has 0 saturated carbocycles. The first-order chi connectivity index (χ1) is 13.0. The van der Waals surface area contributed by atoms with Crippen molar-refractivity contribution in [1.82, 2.24) is 0 Å². The molecule has 9 nitrogen and oxygen atoms in total. The molecule has 27 heavy (non-hydrogen) atoms. The second-order valence-corrected chi connectivity index (χ2v) is 5.15. The van der Waals surface area contributed by atoms with E-state index in [4.69, 9.17) is 19.2 Å². The summed E-state index contributed by atoms with van der Waals surface area (Å²) in [5, 5.41) is 23.3. The quantitative estimate of drug-likeness (QED) is 0.248. The summed E-state index contributed by atoms with van der Waals surface area (Å²) in [6, 6.07) is 6.64. The van der Waals surface area contributed by atoms with Crippen molar-refractivity contribution in [1.29, 1.82) is 0 Å². The first-order valence-corrected chi connectivity index (χ1v) is 8.21. The highest BCUT2D eigenvalue weighted by Gasteiger charge is 2.29. The van der Waals surface area contributed by atoms with Gasteiger partial charge in [0.2, 0.25) is 5.78 Å². The fourth-order valence-electron chi connectivity index (χ4n) is 2.01. The van der Waals surface area contributed by atoms with Gasteiger partial charge in [-0.05, 0) is 44.5 Å². The summed E-state index contributed by atoms with van der Waals surface area (Å²) >= 11 is 0. The van der Waals surface area contributed by atoms with E-state index in [1.807, 2.05) is 6.92 Å². The van der Waals surface area contributed by atoms with Gasteiger partial charge in [0, 0.05) is 0 Å². The molecule has 1 unspecified atom stereocenters. The number of Topliss-reactive ketones (excluding diaryl/α,β-unsaturated/α-hetero) is 1. The Labute approximate surface area is 155 Å². The van der Waals surface area contributed by atoms with E-state index >= 15 is 0 Å². The molecule has 146 valence electrons. The molecular formula is C18H22N2O7. The summed E-state index contributed by atoms with van der Waals surface area (Å²) in [7, 11) is 0. The maximum absolute atomic E-state index is 11.6. The molecular weight excluding hydrogens is 356 g/mol. The second-order valence-electron chi connectivity index (χ2n) is 5.15. The number of carbonyl (C=O) groups excluding carboxylic acids is 2. The highest BCUT2D eigenvalue weighted by Crippen LogP contribution is 2.12. The number of esters is 1. The number of ether oxygens (including phenoxy) is 1. The topological polar surface area (TPSA) is 135 Å². The van der Waals surface area contributed by atoms with Crippen LogP contribution in [0.3, 0.4) is 0 Å². The Bertz CT molecular complexity index is 762. The summed E-state index contributed by atoms with van der Waals surface area (Å²) in [5.74, 6) is -1.79. The Morgan fingerprint density at radius 3 is 2.07 bits per heavy atom. The molecule has 0 radical (unpaired) electrons. The van der Waals surface area contributed by atoms with Gasteiger partial charge in [0.05, 0.1) is 25.1 Å². The number of carbonyl (C=O) groups is 2. The molecule has 1 atom stereocenters. The van der Waals surface area contributed by atoms with Crippen LogP contribution >= 0.6 is 0 Å². The largest absolute Gasteiger partial charge is 0.463 e. The molecule has 0 aliphatic carbocycles. The zero-order chi connectivity index (χ0) is 20.2. The van der Waals surface area contributed by atoms with Gasteiger partial charge < -0.3 is 24.0 Å². The molecule has 9 heteroatoms. The minimum Gasteiger partial charge on any atom is -0.463 e. The van der Waals surface area contributed by atoms with Gasteiger partial charge in [-0.3, -0.25) is 4.79 Å². The summed E-state index contributed by atoms with van der Waals surface area (Å²) in [5.41, 5.74) is 0.568. The average molecular weight is 378 g/mol.